The van der Waals surface area contributed by atoms with Crippen LogP contribution in [-0.2, 0) is 9.47 Å². The Bertz CT molecular complexity index is 567. The van der Waals surface area contributed by atoms with Crippen LogP contribution in [0.5, 0.6) is 0 Å². The summed E-state index contributed by atoms with van der Waals surface area (Å²) in [5, 5.41) is 17.9. The molecule has 0 radical (unpaired) electrons. The van der Waals surface area contributed by atoms with Crippen molar-refractivity contribution in [1.29, 1.82) is 0 Å². The van der Waals surface area contributed by atoms with E-state index in [1.54, 1.807) is 0 Å². The predicted molar refractivity (Wildman–Crippen MR) is 74.6 cm³/mol. The van der Waals surface area contributed by atoms with Gasteiger partial charge in [0.15, 0.2) is 0 Å². The van der Waals surface area contributed by atoms with Crippen LogP contribution in [-0.4, -0.2) is 48.6 Å². The van der Waals surface area contributed by atoms with Gasteiger partial charge in [-0.15, -0.1) is 0 Å². The Labute approximate surface area is 122 Å². The van der Waals surface area contributed by atoms with Crippen molar-refractivity contribution in [2.45, 2.75) is 6.92 Å². The zero-order valence-electron chi connectivity index (χ0n) is 11.6. The molecule has 0 unspecified atom stereocenters. The van der Waals surface area contributed by atoms with Gasteiger partial charge in [0.1, 0.15) is 6.61 Å². The molecule has 6 heteroatoms. The quantitative estimate of drug-likeness (QED) is 0.584. The largest absolute Gasteiger partial charge is 0.478 e. The minimum atomic E-state index is -1.30. The average Bonchev–Trinajstić information content (AvgIpc) is 2.46. The summed E-state index contributed by atoms with van der Waals surface area (Å²) in [6.45, 7) is 3.63. The smallest absolute Gasteiger partial charge is 0.336 e. The van der Waals surface area contributed by atoms with E-state index in [9.17, 15) is 9.59 Å². The monoisotopic (exact) mass is 292 g/mol. The van der Waals surface area contributed by atoms with Crippen LogP contribution >= 0.6 is 0 Å². The van der Waals surface area contributed by atoms with Gasteiger partial charge in [0.05, 0.1) is 24.3 Å². The summed E-state index contributed by atoms with van der Waals surface area (Å²) in [7, 11) is 0. The highest BCUT2D eigenvalue weighted by Crippen LogP contribution is 2.12. The lowest BCUT2D eigenvalue weighted by atomic mass is 10.0. The van der Waals surface area contributed by atoms with Gasteiger partial charge >= 0.3 is 11.9 Å². The Morgan fingerprint density at radius 2 is 1.76 bits per heavy atom. The van der Waals surface area contributed by atoms with Crippen LogP contribution in [0.4, 0.5) is 0 Å². The number of hydrogen-bond acceptors (Lipinski definition) is 4. The third kappa shape index (κ3) is 5.65. The predicted octanol–water partition coefficient (Wildman–Crippen LogP) is 1.49. The molecule has 21 heavy (non-hydrogen) atoms. The maximum atomic E-state index is 11.0. The van der Waals surface area contributed by atoms with E-state index in [0.29, 0.717) is 25.4 Å². The van der Waals surface area contributed by atoms with Crippen LogP contribution in [0, 0.1) is 11.8 Å². The van der Waals surface area contributed by atoms with Crippen molar-refractivity contribution in [1.82, 2.24) is 0 Å². The van der Waals surface area contributed by atoms with E-state index in [1.807, 2.05) is 6.92 Å². The zero-order chi connectivity index (χ0) is 15.7. The molecule has 6 nitrogen and oxygen atoms in total. The van der Waals surface area contributed by atoms with Crippen LogP contribution in [0.25, 0.3) is 0 Å². The Kier molecular flexibility index (Phi) is 6.95. The standard InChI is InChI=1S/C15H16O6/c1-2-20-8-9-21-7-3-4-11-5-6-12(14(16)17)13(10-11)15(18)19/h5-6,10H,2,7-9H2,1H3,(H,16,17)(H,18,19). The topological polar surface area (TPSA) is 93.1 Å². The lowest BCUT2D eigenvalue weighted by molar-refractivity contribution is 0.0651. The molecule has 2 N–H and O–H groups in total. The number of carbonyl (C=O) groups is 2. The first-order chi connectivity index (χ1) is 10.1. The average molecular weight is 292 g/mol. The number of ether oxygens (including phenoxy) is 2. The summed E-state index contributed by atoms with van der Waals surface area (Å²) < 4.78 is 10.3. The van der Waals surface area contributed by atoms with Gasteiger partial charge in [-0.25, -0.2) is 9.59 Å². The van der Waals surface area contributed by atoms with Gasteiger partial charge in [-0.3, -0.25) is 0 Å². The first kappa shape index (κ1) is 16.7. The van der Waals surface area contributed by atoms with Crippen LogP contribution in [0.1, 0.15) is 33.2 Å². The Balaban J connectivity index is 2.67. The van der Waals surface area contributed by atoms with Gasteiger partial charge < -0.3 is 19.7 Å². The number of rotatable bonds is 7. The molecule has 0 amide bonds. The fraction of sp³-hybridized carbons (Fsp3) is 0.333. The van der Waals surface area contributed by atoms with E-state index in [4.69, 9.17) is 19.7 Å². The molecule has 0 aromatic heterocycles. The maximum absolute atomic E-state index is 11.0. The summed E-state index contributed by atoms with van der Waals surface area (Å²) in [4.78, 5) is 21.9. The minimum Gasteiger partial charge on any atom is -0.478 e. The molecule has 0 heterocycles. The second-order valence-corrected chi connectivity index (χ2v) is 3.92. The van der Waals surface area contributed by atoms with Gasteiger partial charge in [0, 0.05) is 12.2 Å². The molecule has 0 spiro atoms. The first-order valence-electron chi connectivity index (χ1n) is 6.31. The third-order valence-corrected chi connectivity index (χ3v) is 2.46. The van der Waals surface area contributed by atoms with Gasteiger partial charge in [0.25, 0.3) is 0 Å². The molecule has 0 saturated carbocycles. The Morgan fingerprint density at radius 3 is 2.38 bits per heavy atom. The van der Waals surface area contributed by atoms with E-state index >= 15 is 0 Å². The van der Waals surface area contributed by atoms with Crippen LogP contribution in [0.15, 0.2) is 18.2 Å². The summed E-state index contributed by atoms with van der Waals surface area (Å²) in [6.07, 6.45) is 0. The highest BCUT2D eigenvalue weighted by Gasteiger charge is 2.15. The lowest BCUT2D eigenvalue weighted by Crippen LogP contribution is -2.08. The molecule has 0 bridgehead atoms. The molecule has 0 aliphatic rings. The number of benzene rings is 1. The van der Waals surface area contributed by atoms with E-state index in [1.165, 1.54) is 18.2 Å². The molecule has 1 aromatic carbocycles. The van der Waals surface area contributed by atoms with Gasteiger partial charge in [-0.2, -0.15) is 0 Å². The summed E-state index contributed by atoms with van der Waals surface area (Å²) in [5.74, 6) is 2.86. The van der Waals surface area contributed by atoms with Crippen molar-refractivity contribution < 1.29 is 29.3 Å². The normalized spacial score (nSPS) is 9.76. The van der Waals surface area contributed by atoms with Crippen molar-refractivity contribution >= 4 is 11.9 Å². The molecule has 0 atom stereocenters. The second kappa shape index (κ2) is 8.74. The summed E-state index contributed by atoms with van der Waals surface area (Å²) in [6, 6.07) is 3.92. The Morgan fingerprint density at radius 1 is 1.10 bits per heavy atom. The van der Waals surface area contributed by atoms with Crippen molar-refractivity contribution in [2.75, 3.05) is 26.4 Å². The molecule has 112 valence electrons. The zero-order valence-corrected chi connectivity index (χ0v) is 11.6. The summed E-state index contributed by atoms with van der Waals surface area (Å²) >= 11 is 0. The van der Waals surface area contributed by atoms with Crippen LogP contribution in [0.3, 0.4) is 0 Å². The van der Waals surface area contributed by atoms with E-state index in [0.717, 1.165) is 0 Å². The van der Waals surface area contributed by atoms with Crippen molar-refractivity contribution in [3.8, 4) is 11.8 Å². The summed E-state index contributed by atoms with van der Waals surface area (Å²) in [5.41, 5.74) is -0.126. The number of aromatic carboxylic acids is 2. The second-order valence-electron chi connectivity index (χ2n) is 3.92. The number of hydrogen-bond donors (Lipinski definition) is 2. The number of carboxylic acid groups (broad SMARTS) is 2. The minimum absolute atomic E-state index is 0.191. The molecule has 1 aromatic rings. The highest BCUT2D eigenvalue weighted by atomic mass is 16.5. The third-order valence-electron chi connectivity index (χ3n) is 2.46. The van der Waals surface area contributed by atoms with Gasteiger partial charge in [0.2, 0.25) is 0 Å². The van der Waals surface area contributed by atoms with Crippen molar-refractivity contribution in [3.05, 3.63) is 34.9 Å². The maximum Gasteiger partial charge on any atom is 0.336 e. The van der Waals surface area contributed by atoms with Crippen LogP contribution in [0.2, 0.25) is 0 Å². The molecule has 0 saturated heterocycles. The van der Waals surface area contributed by atoms with Gasteiger partial charge in [-0.05, 0) is 25.1 Å². The Hall–Kier alpha value is -2.36. The number of carboxylic acids is 2. The van der Waals surface area contributed by atoms with E-state index in [-0.39, 0.29) is 17.7 Å². The fourth-order valence-electron chi connectivity index (χ4n) is 1.51. The SMILES string of the molecule is CCOCCOCC#Cc1ccc(C(=O)O)c(C(=O)O)c1. The van der Waals surface area contributed by atoms with Crippen molar-refractivity contribution in [2.24, 2.45) is 0 Å². The molecular formula is C15H16O6. The van der Waals surface area contributed by atoms with Crippen molar-refractivity contribution in [3.63, 3.8) is 0 Å². The molecule has 0 fully saturated rings. The highest BCUT2D eigenvalue weighted by molar-refractivity contribution is 6.01. The molecule has 0 aliphatic carbocycles. The molecule has 0 aliphatic heterocycles. The lowest BCUT2D eigenvalue weighted by Gasteiger charge is -2.02. The molecular weight excluding hydrogens is 276 g/mol. The first-order valence-corrected chi connectivity index (χ1v) is 6.31. The van der Waals surface area contributed by atoms with E-state index < -0.39 is 11.9 Å². The fourth-order valence-corrected chi connectivity index (χ4v) is 1.51. The molecule has 1 rings (SSSR count). The van der Waals surface area contributed by atoms with E-state index in [2.05, 4.69) is 11.8 Å². The van der Waals surface area contributed by atoms with Crippen LogP contribution < -0.4 is 0 Å². The van der Waals surface area contributed by atoms with Gasteiger partial charge in [-0.1, -0.05) is 11.8 Å².